The van der Waals surface area contributed by atoms with E-state index in [2.05, 4.69) is 20.3 Å². The maximum Gasteiger partial charge on any atom is 0.0649 e. The fourth-order valence-electron chi connectivity index (χ4n) is 1.63. The molecule has 42 valence electrons. The molecule has 0 aromatic heterocycles. The van der Waals surface area contributed by atoms with Gasteiger partial charge in [0, 0.05) is 26.5 Å². The van der Waals surface area contributed by atoms with E-state index in [0.29, 0.717) is 0 Å². The zero-order valence-corrected chi connectivity index (χ0v) is 6.33. The van der Waals surface area contributed by atoms with Crippen molar-refractivity contribution in [3.05, 3.63) is 0 Å². The van der Waals surface area contributed by atoms with Crippen LogP contribution >= 0.6 is 7.26 Å². The fourth-order valence-corrected chi connectivity index (χ4v) is 4.90. The summed E-state index contributed by atoms with van der Waals surface area (Å²) >= 11 is 0. The second-order valence-electron chi connectivity index (χ2n) is 3.41. The van der Waals surface area contributed by atoms with E-state index in [1.165, 1.54) is 0 Å². The van der Waals surface area contributed by atoms with Crippen LogP contribution in [0.15, 0.2) is 0 Å². The molecule has 1 aliphatic rings. The van der Waals surface area contributed by atoms with Gasteiger partial charge in [-0.3, -0.25) is 0 Å². The topological polar surface area (TPSA) is 0 Å². The van der Waals surface area contributed by atoms with Gasteiger partial charge in [-0.1, -0.05) is 6.92 Å². The SMILES string of the molecule is CC1C[P+](C)(C)C1. The van der Waals surface area contributed by atoms with Crippen LogP contribution in [0.5, 0.6) is 0 Å². The zero-order chi connectivity index (χ0) is 5.49. The second kappa shape index (κ2) is 1.45. The zero-order valence-electron chi connectivity index (χ0n) is 5.44. The van der Waals surface area contributed by atoms with Crippen LogP contribution in [0, 0.1) is 5.92 Å². The van der Waals surface area contributed by atoms with Gasteiger partial charge in [0.1, 0.15) is 0 Å². The lowest BCUT2D eigenvalue weighted by molar-refractivity contribution is 0.693. The molecule has 1 rings (SSSR count). The molecular formula is C6H14P+. The minimum absolute atomic E-state index is 0.272. The van der Waals surface area contributed by atoms with Gasteiger partial charge < -0.3 is 0 Å². The van der Waals surface area contributed by atoms with Crippen molar-refractivity contribution < 1.29 is 0 Å². The Morgan fingerprint density at radius 3 is 1.71 bits per heavy atom. The Bertz CT molecular complexity index is 68.2. The first kappa shape index (κ1) is 5.56. The number of hydrogen-bond donors (Lipinski definition) is 0. The van der Waals surface area contributed by atoms with E-state index < -0.39 is 0 Å². The number of rotatable bonds is 0. The smallest absolute Gasteiger partial charge is 0.0555 e. The summed E-state index contributed by atoms with van der Waals surface area (Å²) in [5.41, 5.74) is 0. The van der Waals surface area contributed by atoms with Crippen LogP contribution in [0.25, 0.3) is 0 Å². The summed E-state index contributed by atoms with van der Waals surface area (Å²) in [4.78, 5) is 0. The molecule has 0 N–H and O–H groups in total. The van der Waals surface area contributed by atoms with Crippen molar-refractivity contribution in [2.75, 3.05) is 25.7 Å². The molecule has 1 fully saturated rings. The second-order valence-corrected chi connectivity index (χ2v) is 8.01. The van der Waals surface area contributed by atoms with Crippen molar-refractivity contribution in [3.63, 3.8) is 0 Å². The van der Waals surface area contributed by atoms with Gasteiger partial charge >= 0.3 is 0 Å². The molecule has 0 saturated carbocycles. The molecule has 0 aromatic carbocycles. The maximum atomic E-state index is 2.45. The van der Waals surface area contributed by atoms with Gasteiger partial charge in [0.2, 0.25) is 0 Å². The Morgan fingerprint density at radius 2 is 1.71 bits per heavy atom. The highest BCUT2D eigenvalue weighted by Crippen LogP contribution is 2.62. The van der Waals surface area contributed by atoms with Crippen molar-refractivity contribution in [3.8, 4) is 0 Å². The first-order valence-electron chi connectivity index (χ1n) is 2.92. The highest BCUT2D eigenvalue weighted by atomic mass is 31.2. The molecule has 0 atom stereocenters. The first-order chi connectivity index (χ1) is 3.10. The predicted molar refractivity (Wildman–Crippen MR) is 37.7 cm³/mol. The van der Waals surface area contributed by atoms with Gasteiger partial charge in [-0.15, -0.1) is 0 Å². The lowest BCUT2D eigenvalue weighted by atomic mass is 10.2. The molecule has 7 heavy (non-hydrogen) atoms. The fraction of sp³-hybridized carbons (Fsp3) is 1.00. The summed E-state index contributed by atoms with van der Waals surface area (Å²) in [7, 11) is -0.272. The monoisotopic (exact) mass is 117 g/mol. The van der Waals surface area contributed by atoms with Gasteiger partial charge in [-0.25, -0.2) is 0 Å². The molecule has 0 spiro atoms. The molecule has 1 heteroatoms. The summed E-state index contributed by atoms with van der Waals surface area (Å²) in [6.07, 6.45) is 3.10. The van der Waals surface area contributed by atoms with E-state index in [1.54, 1.807) is 12.3 Å². The third kappa shape index (κ3) is 1.16. The van der Waals surface area contributed by atoms with Crippen LogP contribution in [0.2, 0.25) is 0 Å². The summed E-state index contributed by atoms with van der Waals surface area (Å²) in [6, 6.07) is 0. The van der Waals surface area contributed by atoms with Gasteiger partial charge in [0.15, 0.2) is 0 Å². The quantitative estimate of drug-likeness (QED) is 0.425. The van der Waals surface area contributed by atoms with E-state index in [9.17, 15) is 0 Å². The maximum absolute atomic E-state index is 2.45. The Balaban J connectivity index is 2.29. The summed E-state index contributed by atoms with van der Waals surface area (Å²) in [6.45, 7) is 7.26. The molecule has 0 aliphatic carbocycles. The van der Waals surface area contributed by atoms with Crippen LogP contribution in [0.4, 0.5) is 0 Å². The summed E-state index contributed by atoms with van der Waals surface area (Å²) < 4.78 is 0. The van der Waals surface area contributed by atoms with Crippen LogP contribution < -0.4 is 0 Å². The minimum Gasteiger partial charge on any atom is -0.0555 e. The van der Waals surface area contributed by atoms with E-state index >= 15 is 0 Å². The normalized spacial score (nSPS) is 29.6. The molecule has 0 unspecified atom stereocenters. The van der Waals surface area contributed by atoms with Gasteiger partial charge in [-0.05, 0) is 0 Å². The lowest BCUT2D eigenvalue weighted by Crippen LogP contribution is -2.24. The van der Waals surface area contributed by atoms with E-state index in [4.69, 9.17) is 0 Å². The molecule has 1 heterocycles. The molecule has 0 nitrogen and oxygen atoms in total. The van der Waals surface area contributed by atoms with Crippen LogP contribution in [-0.4, -0.2) is 25.7 Å². The molecule has 0 bridgehead atoms. The Hall–Kier alpha value is 0.430. The van der Waals surface area contributed by atoms with E-state index in [1.807, 2.05) is 0 Å². The van der Waals surface area contributed by atoms with Crippen LogP contribution in [0.1, 0.15) is 6.92 Å². The van der Waals surface area contributed by atoms with Crippen molar-refractivity contribution in [1.29, 1.82) is 0 Å². The Labute approximate surface area is 46.6 Å². The molecule has 1 saturated heterocycles. The first-order valence-corrected chi connectivity index (χ1v) is 5.97. The largest absolute Gasteiger partial charge is 0.0649 e. The Morgan fingerprint density at radius 1 is 1.29 bits per heavy atom. The Kier molecular flexibility index (Phi) is 1.15. The van der Waals surface area contributed by atoms with E-state index in [0.717, 1.165) is 5.92 Å². The summed E-state index contributed by atoms with van der Waals surface area (Å²) in [5, 5.41) is 0. The van der Waals surface area contributed by atoms with Crippen molar-refractivity contribution in [2.24, 2.45) is 5.92 Å². The van der Waals surface area contributed by atoms with Crippen molar-refractivity contribution >= 4 is 7.26 Å². The summed E-state index contributed by atoms with van der Waals surface area (Å²) in [5.74, 6) is 1.06. The van der Waals surface area contributed by atoms with Gasteiger partial charge in [0.25, 0.3) is 0 Å². The predicted octanol–water partition coefficient (Wildman–Crippen LogP) is 1.91. The van der Waals surface area contributed by atoms with Gasteiger partial charge in [0.05, 0.1) is 12.3 Å². The number of hydrogen-bond acceptors (Lipinski definition) is 0. The van der Waals surface area contributed by atoms with Gasteiger partial charge in [-0.2, -0.15) is 0 Å². The van der Waals surface area contributed by atoms with Crippen LogP contribution in [0.3, 0.4) is 0 Å². The molecule has 0 amide bonds. The van der Waals surface area contributed by atoms with Crippen LogP contribution in [-0.2, 0) is 0 Å². The minimum atomic E-state index is -0.272. The van der Waals surface area contributed by atoms with E-state index in [-0.39, 0.29) is 7.26 Å². The highest BCUT2D eigenvalue weighted by Gasteiger charge is 2.40. The lowest BCUT2D eigenvalue weighted by Gasteiger charge is -2.32. The average Bonchev–Trinajstić information content (AvgIpc) is 1.27. The molecular weight excluding hydrogens is 103 g/mol. The standard InChI is InChI=1S/C6H14P/c1-6-4-7(2,3)5-6/h6H,4-5H2,1-3H3/q+1. The third-order valence-electron chi connectivity index (χ3n) is 1.61. The van der Waals surface area contributed by atoms with Crippen molar-refractivity contribution in [1.82, 2.24) is 0 Å². The molecule has 1 aliphatic heterocycles. The average molecular weight is 117 g/mol. The molecule has 0 aromatic rings. The third-order valence-corrected chi connectivity index (χ3v) is 4.84. The highest BCUT2D eigenvalue weighted by molar-refractivity contribution is 7.75. The van der Waals surface area contributed by atoms with Crippen molar-refractivity contribution in [2.45, 2.75) is 6.92 Å². The molecule has 0 radical (unpaired) electrons.